The summed E-state index contributed by atoms with van der Waals surface area (Å²) in [5.74, 6) is 0. The predicted octanol–water partition coefficient (Wildman–Crippen LogP) is 1.94. The smallest absolute Gasteiger partial charge is 0.0874 e. The minimum absolute atomic E-state index is 0.419. The average molecular weight is 237 g/mol. The molecule has 0 atom stereocenters. The summed E-state index contributed by atoms with van der Waals surface area (Å²) >= 11 is 5.94. The van der Waals surface area contributed by atoms with Crippen LogP contribution < -0.4 is 5.73 Å². The zero-order chi connectivity index (χ0) is 11.5. The fourth-order valence-electron chi connectivity index (χ4n) is 1.63. The Morgan fingerprint density at radius 2 is 2.25 bits per heavy atom. The maximum atomic E-state index is 5.94. The molecule has 0 saturated carbocycles. The van der Waals surface area contributed by atoms with Crippen LogP contribution in [0.15, 0.2) is 24.3 Å². The van der Waals surface area contributed by atoms with E-state index in [2.05, 4.69) is 10.3 Å². The van der Waals surface area contributed by atoms with Crippen LogP contribution in [0.4, 0.5) is 0 Å². The molecule has 4 nitrogen and oxygen atoms in total. The molecule has 1 aromatic carbocycles. The van der Waals surface area contributed by atoms with E-state index in [9.17, 15) is 0 Å². The first kappa shape index (κ1) is 11.1. The molecule has 16 heavy (non-hydrogen) atoms. The van der Waals surface area contributed by atoms with Gasteiger partial charge in [0, 0.05) is 11.6 Å². The summed E-state index contributed by atoms with van der Waals surface area (Å²) in [5, 5.41) is 8.87. The molecule has 2 rings (SSSR count). The third-order valence-corrected chi connectivity index (χ3v) is 2.66. The highest BCUT2D eigenvalue weighted by Gasteiger charge is 2.11. The SMILES string of the molecule is CCc1nnn(-c2cccc(Cl)c2)c1CN. The Morgan fingerprint density at radius 1 is 1.44 bits per heavy atom. The molecule has 1 heterocycles. The van der Waals surface area contributed by atoms with Gasteiger partial charge >= 0.3 is 0 Å². The Morgan fingerprint density at radius 3 is 2.88 bits per heavy atom. The van der Waals surface area contributed by atoms with E-state index in [0.29, 0.717) is 11.6 Å². The minimum Gasteiger partial charge on any atom is -0.325 e. The Labute approximate surface area is 99.0 Å². The summed E-state index contributed by atoms with van der Waals surface area (Å²) in [6.45, 7) is 2.45. The van der Waals surface area contributed by atoms with E-state index in [-0.39, 0.29) is 0 Å². The summed E-state index contributed by atoms with van der Waals surface area (Å²) in [4.78, 5) is 0. The number of benzene rings is 1. The van der Waals surface area contributed by atoms with Crippen LogP contribution in [0.25, 0.3) is 5.69 Å². The van der Waals surface area contributed by atoms with Gasteiger partial charge in [0.15, 0.2) is 0 Å². The molecule has 0 aliphatic rings. The van der Waals surface area contributed by atoms with Crippen molar-refractivity contribution in [3.8, 4) is 5.69 Å². The Hall–Kier alpha value is -1.39. The van der Waals surface area contributed by atoms with Crippen LogP contribution in [-0.2, 0) is 13.0 Å². The lowest BCUT2D eigenvalue weighted by Gasteiger charge is -2.05. The van der Waals surface area contributed by atoms with Gasteiger partial charge in [-0.15, -0.1) is 5.10 Å². The van der Waals surface area contributed by atoms with Crippen molar-refractivity contribution in [2.75, 3.05) is 0 Å². The molecule has 1 aromatic heterocycles. The molecule has 0 spiro atoms. The van der Waals surface area contributed by atoms with Crippen molar-refractivity contribution < 1.29 is 0 Å². The Kier molecular flexibility index (Phi) is 3.22. The lowest BCUT2D eigenvalue weighted by Crippen LogP contribution is -2.08. The van der Waals surface area contributed by atoms with Crippen molar-refractivity contribution >= 4 is 11.6 Å². The first-order valence-electron chi connectivity index (χ1n) is 5.15. The molecule has 0 saturated heterocycles. The van der Waals surface area contributed by atoms with Crippen LogP contribution in [0.1, 0.15) is 18.3 Å². The fourth-order valence-corrected chi connectivity index (χ4v) is 1.81. The third kappa shape index (κ3) is 1.94. The highest BCUT2D eigenvalue weighted by Crippen LogP contribution is 2.17. The molecule has 0 aliphatic carbocycles. The predicted molar refractivity (Wildman–Crippen MR) is 63.6 cm³/mol. The van der Waals surface area contributed by atoms with Gasteiger partial charge < -0.3 is 5.73 Å². The first-order valence-corrected chi connectivity index (χ1v) is 5.53. The van der Waals surface area contributed by atoms with Crippen LogP contribution in [0.3, 0.4) is 0 Å². The molecule has 0 unspecified atom stereocenters. The highest BCUT2D eigenvalue weighted by atomic mass is 35.5. The van der Waals surface area contributed by atoms with Gasteiger partial charge in [-0.25, -0.2) is 4.68 Å². The normalized spacial score (nSPS) is 10.7. The van der Waals surface area contributed by atoms with Crippen molar-refractivity contribution in [2.45, 2.75) is 19.9 Å². The minimum atomic E-state index is 0.419. The maximum Gasteiger partial charge on any atom is 0.0874 e. The van der Waals surface area contributed by atoms with Crippen LogP contribution in [0, 0.1) is 0 Å². The van der Waals surface area contributed by atoms with Crippen LogP contribution >= 0.6 is 11.6 Å². The topological polar surface area (TPSA) is 56.7 Å². The van der Waals surface area contributed by atoms with E-state index in [1.54, 1.807) is 4.68 Å². The largest absolute Gasteiger partial charge is 0.325 e. The number of halogens is 1. The van der Waals surface area contributed by atoms with Crippen molar-refractivity contribution in [2.24, 2.45) is 5.73 Å². The van der Waals surface area contributed by atoms with E-state index in [1.807, 2.05) is 31.2 Å². The van der Waals surface area contributed by atoms with Gasteiger partial charge in [-0.05, 0) is 24.6 Å². The van der Waals surface area contributed by atoms with Crippen molar-refractivity contribution in [1.29, 1.82) is 0 Å². The van der Waals surface area contributed by atoms with Crippen molar-refractivity contribution in [3.05, 3.63) is 40.7 Å². The molecule has 0 aliphatic heterocycles. The average Bonchev–Trinajstić information content (AvgIpc) is 2.71. The number of hydrogen-bond donors (Lipinski definition) is 1. The molecule has 84 valence electrons. The van der Waals surface area contributed by atoms with Crippen molar-refractivity contribution in [1.82, 2.24) is 15.0 Å². The number of nitrogens with two attached hydrogens (primary N) is 1. The van der Waals surface area contributed by atoms with Crippen LogP contribution in [-0.4, -0.2) is 15.0 Å². The van der Waals surface area contributed by atoms with Crippen LogP contribution in [0.2, 0.25) is 5.02 Å². The number of aryl methyl sites for hydroxylation is 1. The molecule has 0 amide bonds. The number of rotatable bonds is 3. The molecule has 0 radical (unpaired) electrons. The first-order chi connectivity index (χ1) is 7.76. The third-order valence-electron chi connectivity index (χ3n) is 2.42. The molecular weight excluding hydrogens is 224 g/mol. The summed E-state index contributed by atoms with van der Waals surface area (Å²) in [5.41, 5.74) is 8.47. The maximum absolute atomic E-state index is 5.94. The summed E-state index contributed by atoms with van der Waals surface area (Å²) < 4.78 is 1.74. The standard InChI is InChI=1S/C11H13ClN4/c1-2-10-11(7-13)16(15-14-10)9-5-3-4-8(12)6-9/h3-6H,2,7,13H2,1H3. The van der Waals surface area contributed by atoms with E-state index < -0.39 is 0 Å². The summed E-state index contributed by atoms with van der Waals surface area (Å²) in [6.07, 6.45) is 0.826. The molecule has 5 heteroatoms. The van der Waals surface area contributed by atoms with E-state index in [0.717, 1.165) is 23.5 Å². The zero-order valence-corrected chi connectivity index (χ0v) is 9.78. The highest BCUT2D eigenvalue weighted by molar-refractivity contribution is 6.30. The van der Waals surface area contributed by atoms with Gasteiger partial charge in [0.25, 0.3) is 0 Å². The molecule has 0 fully saturated rings. The molecular formula is C11H13ClN4. The molecule has 2 aromatic rings. The second-order valence-electron chi connectivity index (χ2n) is 3.43. The quantitative estimate of drug-likeness (QED) is 0.886. The Bertz CT molecular complexity index is 492. The van der Waals surface area contributed by atoms with Crippen molar-refractivity contribution in [3.63, 3.8) is 0 Å². The lowest BCUT2D eigenvalue weighted by molar-refractivity contribution is 0.761. The molecule has 2 N–H and O–H groups in total. The monoisotopic (exact) mass is 236 g/mol. The second kappa shape index (κ2) is 4.63. The lowest BCUT2D eigenvalue weighted by atomic mass is 10.2. The Balaban J connectivity index is 2.51. The van der Waals surface area contributed by atoms with E-state index in [4.69, 9.17) is 17.3 Å². The van der Waals surface area contributed by atoms with Gasteiger partial charge in [-0.1, -0.05) is 29.8 Å². The summed E-state index contributed by atoms with van der Waals surface area (Å²) in [6, 6.07) is 7.48. The van der Waals surface area contributed by atoms with E-state index in [1.165, 1.54) is 0 Å². The van der Waals surface area contributed by atoms with Gasteiger partial charge in [0.2, 0.25) is 0 Å². The second-order valence-corrected chi connectivity index (χ2v) is 3.87. The van der Waals surface area contributed by atoms with Gasteiger partial charge in [0.05, 0.1) is 17.1 Å². The fraction of sp³-hybridized carbons (Fsp3) is 0.273. The van der Waals surface area contributed by atoms with Gasteiger partial charge in [-0.2, -0.15) is 0 Å². The number of nitrogens with zero attached hydrogens (tertiary/aromatic N) is 3. The summed E-state index contributed by atoms with van der Waals surface area (Å²) in [7, 11) is 0. The zero-order valence-electron chi connectivity index (χ0n) is 9.02. The van der Waals surface area contributed by atoms with Gasteiger partial charge in [0.1, 0.15) is 0 Å². The number of hydrogen-bond acceptors (Lipinski definition) is 3. The van der Waals surface area contributed by atoms with Crippen LogP contribution in [0.5, 0.6) is 0 Å². The molecule has 0 bridgehead atoms. The number of aromatic nitrogens is 3. The van der Waals surface area contributed by atoms with E-state index >= 15 is 0 Å². The van der Waals surface area contributed by atoms with Gasteiger partial charge in [-0.3, -0.25) is 0 Å².